The molecule has 0 N–H and O–H groups in total. The number of thiazole rings is 1. The molecule has 7 heteroatoms. The van der Waals surface area contributed by atoms with Gasteiger partial charge in [-0.05, 0) is 43.2 Å². The van der Waals surface area contributed by atoms with Crippen molar-refractivity contribution in [1.82, 2.24) is 4.57 Å². The first kappa shape index (κ1) is 16.2. The fourth-order valence-electron chi connectivity index (χ4n) is 2.49. The molecule has 0 fully saturated rings. The lowest BCUT2D eigenvalue weighted by molar-refractivity contribution is -0.141. The van der Waals surface area contributed by atoms with Gasteiger partial charge in [0.1, 0.15) is 6.54 Å². The van der Waals surface area contributed by atoms with Crippen molar-refractivity contribution in [2.75, 3.05) is 7.11 Å². The highest BCUT2D eigenvalue weighted by atomic mass is 32.1. The summed E-state index contributed by atoms with van der Waals surface area (Å²) in [7, 11) is 1.33. The van der Waals surface area contributed by atoms with Crippen LogP contribution in [0.5, 0.6) is 0 Å². The Labute approximate surface area is 142 Å². The van der Waals surface area contributed by atoms with Crippen molar-refractivity contribution in [2.45, 2.75) is 20.4 Å². The molecule has 1 aromatic carbocycles. The molecule has 0 unspecified atom stereocenters. The Morgan fingerprint density at radius 2 is 2.12 bits per heavy atom. The summed E-state index contributed by atoms with van der Waals surface area (Å²) in [6.07, 6.45) is 1.42. The predicted octanol–water partition coefficient (Wildman–Crippen LogP) is 2.83. The second-order valence-corrected chi connectivity index (χ2v) is 6.35. The van der Waals surface area contributed by atoms with Gasteiger partial charge in [0.15, 0.2) is 10.6 Å². The molecule has 0 atom stereocenters. The summed E-state index contributed by atoms with van der Waals surface area (Å²) in [5, 5.41) is 0. The van der Waals surface area contributed by atoms with Crippen LogP contribution in [0.3, 0.4) is 0 Å². The first-order valence-electron chi connectivity index (χ1n) is 7.29. The van der Waals surface area contributed by atoms with Crippen molar-refractivity contribution >= 4 is 33.4 Å². The smallest absolute Gasteiger partial charge is 0.325 e. The van der Waals surface area contributed by atoms with Crippen molar-refractivity contribution in [3.8, 4) is 0 Å². The van der Waals surface area contributed by atoms with Crippen LogP contribution >= 0.6 is 11.3 Å². The number of rotatable bonds is 3. The van der Waals surface area contributed by atoms with E-state index < -0.39 is 11.9 Å². The molecule has 2 heterocycles. The molecule has 0 radical (unpaired) electrons. The van der Waals surface area contributed by atoms with Crippen LogP contribution in [0.2, 0.25) is 0 Å². The quantitative estimate of drug-likeness (QED) is 0.685. The third-order valence-electron chi connectivity index (χ3n) is 3.56. The Morgan fingerprint density at radius 1 is 1.33 bits per heavy atom. The molecular weight excluding hydrogens is 328 g/mol. The standard InChI is InChI=1S/C17H16N2O4S/c1-10-7-11(2)15-12(8-10)19(9-14(20)22-3)17(24-15)18-16(21)13-5-4-6-23-13/h4-8H,9H2,1-3H3. The number of benzene rings is 1. The van der Waals surface area contributed by atoms with Crippen LogP contribution < -0.4 is 4.80 Å². The summed E-state index contributed by atoms with van der Waals surface area (Å²) < 4.78 is 12.5. The number of nitrogens with zero attached hydrogens (tertiary/aromatic N) is 2. The van der Waals surface area contributed by atoms with E-state index in [9.17, 15) is 9.59 Å². The van der Waals surface area contributed by atoms with Crippen molar-refractivity contribution in [1.29, 1.82) is 0 Å². The monoisotopic (exact) mass is 344 g/mol. The maximum absolute atomic E-state index is 12.2. The van der Waals surface area contributed by atoms with E-state index in [0.717, 1.165) is 21.3 Å². The van der Waals surface area contributed by atoms with E-state index in [1.165, 1.54) is 24.7 Å². The average Bonchev–Trinajstić information content (AvgIpc) is 3.17. The van der Waals surface area contributed by atoms with Crippen LogP contribution in [0.15, 0.2) is 39.9 Å². The van der Waals surface area contributed by atoms with Gasteiger partial charge in [-0.15, -0.1) is 0 Å². The minimum absolute atomic E-state index is 0.0103. The van der Waals surface area contributed by atoms with Gasteiger partial charge < -0.3 is 13.7 Å². The second kappa shape index (κ2) is 6.45. The minimum atomic E-state index is -0.487. The van der Waals surface area contributed by atoms with Gasteiger partial charge in [-0.2, -0.15) is 4.99 Å². The van der Waals surface area contributed by atoms with E-state index in [2.05, 4.69) is 11.1 Å². The van der Waals surface area contributed by atoms with Gasteiger partial charge in [0.2, 0.25) is 0 Å². The van der Waals surface area contributed by atoms with Crippen molar-refractivity contribution < 1.29 is 18.7 Å². The number of fused-ring (bicyclic) bond motifs is 1. The lowest BCUT2D eigenvalue weighted by Crippen LogP contribution is -2.22. The zero-order valence-electron chi connectivity index (χ0n) is 13.5. The lowest BCUT2D eigenvalue weighted by Gasteiger charge is -2.05. The summed E-state index contributed by atoms with van der Waals surface area (Å²) >= 11 is 1.36. The molecule has 24 heavy (non-hydrogen) atoms. The molecule has 2 aromatic heterocycles. The number of carbonyl (C=O) groups excluding carboxylic acids is 2. The number of aryl methyl sites for hydroxylation is 2. The third kappa shape index (κ3) is 3.03. The number of methoxy groups -OCH3 is 1. The summed E-state index contributed by atoms with van der Waals surface area (Å²) in [6, 6.07) is 7.21. The number of aromatic nitrogens is 1. The van der Waals surface area contributed by atoms with Crippen LogP contribution in [-0.4, -0.2) is 23.6 Å². The number of furan rings is 1. The van der Waals surface area contributed by atoms with Gasteiger partial charge >= 0.3 is 11.9 Å². The highest BCUT2D eigenvalue weighted by molar-refractivity contribution is 7.16. The van der Waals surface area contributed by atoms with E-state index in [0.29, 0.717) is 4.80 Å². The summed E-state index contributed by atoms with van der Waals surface area (Å²) in [4.78, 5) is 28.6. The molecule has 0 aliphatic rings. The van der Waals surface area contributed by atoms with Gasteiger partial charge in [-0.3, -0.25) is 9.59 Å². The number of ether oxygens (including phenoxy) is 1. The fraction of sp³-hybridized carbons (Fsp3) is 0.235. The van der Waals surface area contributed by atoms with Crippen LogP contribution in [0, 0.1) is 13.8 Å². The normalized spacial score (nSPS) is 11.9. The van der Waals surface area contributed by atoms with Gasteiger partial charge in [0, 0.05) is 0 Å². The summed E-state index contributed by atoms with van der Waals surface area (Å²) in [6.45, 7) is 3.97. The van der Waals surface area contributed by atoms with Crippen molar-refractivity contribution in [3.63, 3.8) is 0 Å². The van der Waals surface area contributed by atoms with E-state index >= 15 is 0 Å². The number of carbonyl (C=O) groups is 2. The van der Waals surface area contributed by atoms with Gasteiger partial charge in [0.25, 0.3) is 0 Å². The molecule has 0 spiro atoms. The Bertz CT molecular complexity index is 980. The van der Waals surface area contributed by atoms with Crippen LogP contribution in [0.4, 0.5) is 0 Å². The van der Waals surface area contributed by atoms with Crippen LogP contribution in [0.1, 0.15) is 21.7 Å². The largest absolute Gasteiger partial charge is 0.468 e. The number of amides is 1. The highest BCUT2D eigenvalue weighted by Gasteiger charge is 2.15. The molecule has 0 saturated heterocycles. The number of hydrogen-bond acceptors (Lipinski definition) is 5. The minimum Gasteiger partial charge on any atom is -0.468 e. The zero-order valence-corrected chi connectivity index (χ0v) is 14.3. The molecule has 0 saturated carbocycles. The Hall–Kier alpha value is -2.67. The van der Waals surface area contributed by atoms with Gasteiger partial charge in [0.05, 0.1) is 23.6 Å². The van der Waals surface area contributed by atoms with Crippen molar-refractivity contribution in [2.24, 2.45) is 4.99 Å². The fourth-order valence-corrected chi connectivity index (χ4v) is 3.56. The van der Waals surface area contributed by atoms with Gasteiger partial charge in [-0.1, -0.05) is 17.4 Å². The topological polar surface area (TPSA) is 73.8 Å². The number of hydrogen-bond donors (Lipinski definition) is 0. The molecule has 1 amide bonds. The molecule has 0 bridgehead atoms. The summed E-state index contributed by atoms with van der Waals surface area (Å²) in [5.41, 5.74) is 3.00. The Balaban J connectivity index is 2.22. The molecule has 124 valence electrons. The Morgan fingerprint density at radius 3 is 2.79 bits per heavy atom. The van der Waals surface area contributed by atoms with Crippen LogP contribution in [0.25, 0.3) is 10.2 Å². The molecular formula is C17H16N2O4S. The van der Waals surface area contributed by atoms with Crippen LogP contribution in [-0.2, 0) is 16.1 Å². The maximum atomic E-state index is 12.2. The van der Waals surface area contributed by atoms with E-state index in [4.69, 9.17) is 9.15 Å². The molecule has 6 nitrogen and oxygen atoms in total. The third-order valence-corrected chi connectivity index (χ3v) is 4.79. The van der Waals surface area contributed by atoms with E-state index in [1.807, 2.05) is 19.9 Å². The summed E-state index contributed by atoms with van der Waals surface area (Å²) in [5.74, 6) is -0.731. The first-order chi connectivity index (χ1) is 11.5. The molecule has 0 aliphatic carbocycles. The molecule has 0 aliphatic heterocycles. The molecule has 3 aromatic rings. The Kier molecular flexibility index (Phi) is 4.35. The van der Waals surface area contributed by atoms with E-state index in [1.54, 1.807) is 16.7 Å². The average molecular weight is 344 g/mol. The zero-order chi connectivity index (χ0) is 17.3. The second-order valence-electron chi connectivity index (χ2n) is 5.37. The lowest BCUT2D eigenvalue weighted by atomic mass is 10.1. The SMILES string of the molecule is COC(=O)Cn1c(=NC(=O)c2ccco2)sc2c(C)cc(C)cc21. The first-order valence-corrected chi connectivity index (χ1v) is 8.11. The highest BCUT2D eigenvalue weighted by Crippen LogP contribution is 2.23. The van der Waals surface area contributed by atoms with E-state index in [-0.39, 0.29) is 12.3 Å². The molecule has 3 rings (SSSR count). The predicted molar refractivity (Wildman–Crippen MR) is 89.9 cm³/mol. The maximum Gasteiger partial charge on any atom is 0.325 e. The van der Waals surface area contributed by atoms with Gasteiger partial charge in [-0.25, -0.2) is 0 Å². The van der Waals surface area contributed by atoms with Crippen molar-refractivity contribution in [3.05, 3.63) is 52.2 Å². The number of esters is 1.